The van der Waals surface area contributed by atoms with Crippen molar-refractivity contribution in [3.63, 3.8) is 0 Å². The number of para-hydroxylation sites is 2. The molecule has 1 rings (SSSR count). The Bertz CT molecular complexity index is 343. The van der Waals surface area contributed by atoms with Crippen LogP contribution < -0.4 is 15.6 Å². The Kier molecular flexibility index (Phi) is 5.10. The molecule has 0 aliphatic carbocycles. The summed E-state index contributed by atoms with van der Waals surface area (Å²) in [5, 5.41) is 0. The number of nitrogens with one attached hydrogen (secondary N) is 2. The summed E-state index contributed by atoms with van der Waals surface area (Å²) >= 11 is 0. The van der Waals surface area contributed by atoms with Gasteiger partial charge in [-0.25, -0.2) is 9.78 Å². The van der Waals surface area contributed by atoms with Gasteiger partial charge in [0.05, 0.1) is 19.9 Å². The molecule has 0 aliphatic heterocycles. The van der Waals surface area contributed by atoms with Crippen LogP contribution in [0, 0.1) is 0 Å². The van der Waals surface area contributed by atoms with Crippen LogP contribution in [0.2, 0.25) is 0 Å². The Morgan fingerprint density at radius 3 is 2.75 bits per heavy atom. The predicted octanol–water partition coefficient (Wildman–Crippen LogP) is 0.716. The lowest BCUT2D eigenvalue weighted by atomic mass is 10.3. The van der Waals surface area contributed by atoms with Gasteiger partial charge < -0.3 is 4.74 Å². The van der Waals surface area contributed by atoms with Crippen molar-refractivity contribution in [3.8, 4) is 5.75 Å². The van der Waals surface area contributed by atoms with Gasteiger partial charge in [0.1, 0.15) is 5.75 Å². The van der Waals surface area contributed by atoms with Crippen molar-refractivity contribution in [2.75, 3.05) is 26.3 Å². The second-order valence-electron chi connectivity index (χ2n) is 2.80. The molecule has 2 N–H and O–H groups in total. The van der Waals surface area contributed by atoms with Gasteiger partial charge >= 0.3 is 0 Å². The normalized spacial score (nSPS) is 9.62. The molecule has 16 heavy (non-hydrogen) atoms. The lowest BCUT2D eigenvalue weighted by Crippen LogP contribution is -2.32. The molecular weight excluding hydrogens is 212 g/mol. The van der Waals surface area contributed by atoms with Crippen LogP contribution in [0.15, 0.2) is 24.3 Å². The molecule has 6 nitrogen and oxygen atoms in total. The fourth-order valence-corrected chi connectivity index (χ4v) is 1.03. The smallest absolute Gasteiger partial charge is 0.267 e. The average molecular weight is 226 g/mol. The lowest BCUT2D eigenvalue weighted by molar-refractivity contribution is -0.267. The van der Waals surface area contributed by atoms with Crippen molar-refractivity contribution in [2.24, 2.45) is 0 Å². The van der Waals surface area contributed by atoms with Crippen LogP contribution in [0.3, 0.4) is 0 Å². The predicted molar refractivity (Wildman–Crippen MR) is 57.7 cm³/mol. The van der Waals surface area contributed by atoms with Gasteiger partial charge in [-0.3, -0.25) is 15.6 Å². The number of hydrogen-bond acceptors (Lipinski definition) is 5. The number of benzene rings is 1. The quantitative estimate of drug-likeness (QED) is 0.552. The number of rotatable bonds is 6. The molecule has 88 valence electrons. The van der Waals surface area contributed by atoms with Gasteiger partial charge in [-0.15, -0.1) is 0 Å². The first-order valence-electron chi connectivity index (χ1n) is 4.61. The number of amides is 1. The maximum absolute atomic E-state index is 11.2. The maximum Gasteiger partial charge on any atom is 0.267 e. The molecule has 0 aromatic heterocycles. The molecule has 0 saturated carbocycles. The third-order valence-electron chi connectivity index (χ3n) is 1.75. The van der Waals surface area contributed by atoms with Crippen molar-refractivity contribution < 1.29 is 19.3 Å². The van der Waals surface area contributed by atoms with E-state index in [1.54, 1.807) is 19.2 Å². The van der Waals surface area contributed by atoms with Crippen LogP contribution in [0.5, 0.6) is 5.75 Å². The van der Waals surface area contributed by atoms with Gasteiger partial charge in [-0.1, -0.05) is 12.1 Å². The Labute approximate surface area is 93.4 Å². The molecule has 1 aromatic rings. The van der Waals surface area contributed by atoms with Gasteiger partial charge in [-0.05, 0) is 12.1 Å². The van der Waals surface area contributed by atoms with E-state index < -0.39 is 0 Å². The third kappa shape index (κ3) is 3.76. The van der Waals surface area contributed by atoms with Crippen LogP contribution in [-0.2, 0) is 14.6 Å². The summed E-state index contributed by atoms with van der Waals surface area (Å²) in [6.07, 6.45) is 0. The van der Waals surface area contributed by atoms with E-state index in [1.807, 2.05) is 12.1 Å². The average Bonchev–Trinajstić information content (AvgIpc) is 2.34. The largest absolute Gasteiger partial charge is 0.495 e. The molecule has 0 aliphatic rings. The first kappa shape index (κ1) is 12.3. The highest BCUT2D eigenvalue weighted by Crippen LogP contribution is 2.21. The fourth-order valence-electron chi connectivity index (χ4n) is 1.03. The zero-order valence-electron chi connectivity index (χ0n) is 9.15. The van der Waals surface area contributed by atoms with Crippen molar-refractivity contribution >= 4 is 11.6 Å². The van der Waals surface area contributed by atoms with E-state index in [2.05, 4.69) is 20.6 Å². The van der Waals surface area contributed by atoms with Gasteiger partial charge in [0.2, 0.25) is 0 Å². The monoisotopic (exact) mass is 226 g/mol. The van der Waals surface area contributed by atoms with Crippen molar-refractivity contribution in [1.82, 2.24) is 5.43 Å². The molecular formula is C10H14N2O4. The molecule has 1 aromatic carbocycles. The molecule has 0 fully saturated rings. The van der Waals surface area contributed by atoms with Crippen LogP contribution in [0.25, 0.3) is 0 Å². The summed E-state index contributed by atoms with van der Waals surface area (Å²) in [6, 6.07) is 7.21. The van der Waals surface area contributed by atoms with E-state index >= 15 is 0 Å². The number of hydrazine groups is 1. The molecule has 0 radical (unpaired) electrons. The minimum Gasteiger partial charge on any atom is -0.495 e. The van der Waals surface area contributed by atoms with Crippen LogP contribution in [0.1, 0.15) is 0 Å². The van der Waals surface area contributed by atoms with Crippen LogP contribution in [0.4, 0.5) is 5.69 Å². The lowest BCUT2D eigenvalue weighted by Gasteiger charge is -2.11. The van der Waals surface area contributed by atoms with Crippen molar-refractivity contribution in [1.29, 1.82) is 0 Å². The summed E-state index contributed by atoms with van der Waals surface area (Å²) in [7, 11) is 2.89. The van der Waals surface area contributed by atoms with Crippen molar-refractivity contribution in [2.45, 2.75) is 0 Å². The number of hydrogen-bond donors (Lipinski definition) is 2. The molecule has 1 amide bonds. The van der Waals surface area contributed by atoms with E-state index in [-0.39, 0.29) is 12.5 Å². The SMILES string of the molecule is COOCC(=O)NNc1ccccc1OC. The Hall–Kier alpha value is -1.79. The maximum atomic E-state index is 11.2. The standard InChI is InChI=1S/C10H14N2O4/c1-14-9-6-4-3-5-8(9)11-12-10(13)7-16-15-2/h3-6,11H,7H2,1-2H3,(H,12,13). The summed E-state index contributed by atoms with van der Waals surface area (Å²) in [4.78, 5) is 19.9. The molecule has 0 spiro atoms. The molecule has 0 heterocycles. The molecule has 0 saturated heterocycles. The first-order valence-corrected chi connectivity index (χ1v) is 4.61. The zero-order valence-corrected chi connectivity index (χ0v) is 9.15. The summed E-state index contributed by atoms with van der Waals surface area (Å²) in [6.45, 7) is -0.182. The highest BCUT2D eigenvalue weighted by molar-refractivity contribution is 5.79. The zero-order chi connectivity index (χ0) is 11.8. The molecule has 6 heteroatoms. The third-order valence-corrected chi connectivity index (χ3v) is 1.75. The van der Waals surface area contributed by atoms with E-state index in [0.29, 0.717) is 11.4 Å². The second kappa shape index (κ2) is 6.65. The van der Waals surface area contributed by atoms with Gasteiger partial charge in [0.25, 0.3) is 5.91 Å². The van der Waals surface area contributed by atoms with Crippen LogP contribution in [-0.4, -0.2) is 26.7 Å². The second-order valence-corrected chi connectivity index (χ2v) is 2.80. The van der Waals surface area contributed by atoms with E-state index in [9.17, 15) is 4.79 Å². The molecule has 0 atom stereocenters. The summed E-state index contributed by atoms with van der Waals surface area (Å²) < 4.78 is 5.09. The molecule has 0 unspecified atom stereocenters. The Balaban J connectivity index is 2.44. The van der Waals surface area contributed by atoms with E-state index in [1.165, 1.54) is 7.11 Å². The van der Waals surface area contributed by atoms with Gasteiger partial charge in [0, 0.05) is 0 Å². The first-order chi connectivity index (χ1) is 7.77. The number of ether oxygens (including phenoxy) is 1. The topological polar surface area (TPSA) is 68.8 Å². The number of carbonyl (C=O) groups is 1. The minimum absolute atomic E-state index is 0.182. The highest BCUT2D eigenvalue weighted by atomic mass is 17.2. The number of methoxy groups -OCH3 is 1. The summed E-state index contributed by atoms with van der Waals surface area (Å²) in [5.41, 5.74) is 5.81. The Morgan fingerprint density at radius 2 is 2.06 bits per heavy atom. The molecule has 0 bridgehead atoms. The fraction of sp³-hybridized carbons (Fsp3) is 0.300. The van der Waals surface area contributed by atoms with Crippen LogP contribution >= 0.6 is 0 Å². The Morgan fingerprint density at radius 1 is 1.31 bits per heavy atom. The van der Waals surface area contributed by atoms with Gasteiger partial charge in [-0.2, -0.15) is 0 Å². The number of carbonyl (C=O) groups excluding carboxylic acids is 1. The van der Waals surface area contributed by atoms with Crippen molar-refractivity contribution in [3.05, 3.63) is 24.3 Å². The van der Waals surface area contributed by atoms with E-state index in [0.717, 1.165) is 0 Å². The van der Waals surface area contributed by atoms with Gasteiger partial charge in [0.15, 0.2) is 6.61 Å². The summed E-state index contributed by atoms with van der Waals surface area (Å²) in [5.74, 6) is 0.281. The highest BCUT2D eigenvalue weighted by Gasteiger charge is 2.03. The minimum atomic E-state index is -0.354. The number of anilines is 1. The van der Waals surface area contributed by atoms with E-state index in [4.69, 9.17) is 4.74 Å².